The Balaban J connectivity index is 1.56. The third-order valence-electron chi connectivity index (χ3n) is 5.93. The van der Waals surface area contributed by atoms with Crippen molar-refractivity contribution >= 4 is 35.2 Å². The first kappa shape index (κ1) is 24.5. The topological polar surface area (TPSA) is 97.0 Å². The molecule has 0 aromatic heterocycles. The molecule has 0 fully saturated rings. The maximum Gasteiger partial charge on any atom is 0.255 e. The van der Waals surface area contributed by atoms with Crippen LogP contribution in [-0.4, -0.2) is 36.8 Å². The van der Waals surface area contributed by atoms with Crippen molar-refractivity contribution in [3.8, 4) is 11.5 Å². The highest BCUT2D eigenvalue weighted by Gasteiger charge is 2.28. The minimum Gasteiger partial charge on any atom is -0.494 e. The molecule has 0 spiro atoms. The number of nitrogens with zero attached hydrogens (tertiary/aromatic N) is 1. The van der Waals surface area contributed by atoms with Crippen LogP contribution in [0.5, 0.6) is 11.5 Å². The number of fused-ring (bicyclic) bond motifs is 1. The number of benzene rings is 3. The van der Waals surface area contributed by atoms with Crippen molar-refractivity contribution in [2.75, 3.05) is 24.9 Å². The van der Waals surface area contributed by atoms with Crippen molar-refractivity contribution in [1.82, 2.24) is 4.90 Å². The van der Waals surface area contributed by atoms with Gasteiger partial charge in [0.1, 0.15) is 11.5 Å². The Labute approximate surface area is 209 Å². The Kier molecular flexibility index (Phi) is 7.34. The van der Waals surface area contributed by atoms with Gasteiger partial charge in [0.15, 0.2) is 0 Å². The molecule has 0 radical (unpaired) electrons. The summed E-state index contributed by atoms with van der Waals surface area (Å²) < 4.78 is 10.9. The number of ether oxygens (including phenoxy) is 2. The van der Waals surface area contributed by atoms with Crippen LogP contribution in [0, 0.1) is 0 Å². The predicted octanol–water partition coefficient (Wildman–Crippen LogP) is 4.86. The molecule has 3 amide bonds. The number of hydrogen-bond donors (Lipinski definition) is 2. The van der Waals surface area contributed by atoms with Gasteiger partial charge in [0.2, 0.25) is 11.8 Å². The minimum atomic E-state index is -0.443. The fourth-order valence-corrected chi connectivity index (χ4v) is 4.17. The van der Waals surface area contributed by atoms with E-state index in [1.165, 1.54) is 21.1 Å². The highest BCUT2D eigenvalue weighted by Crippen LogP contribution is 2.38. The molecule has 3 aromatic carbocycles. The summed E-state index contributed by atoms with van der Waals surface area (Å²) in [4.78, 5) is 39.6. The summed E-state index contributed by atoms with van der Waals surface area (Å²) in [5, 5.41) is 5.69. The van der Waals surface area contributed by atoms with E-state index in [-0.39, 0.29) is 24.1 Å². The monoisotopic (exact) mass is 485 g/mol. The Morgan fingerprint density at radius 1 is 0.861 bits per heavy atom. The lowest BCUT2D eigenvalue weighted by Crippen LogP contribution is -2.33. The minimum absolute atomic E-state index is 0.0406. The lowest BCUT2D eigenvalue weighted by atomic mass is 9.93. The fourth-order valence-electron chi connectivity index (χ4n) is 4.17. The summed E-state index contributed by atoms with van der Waals surface area (Å²) in [5.41, 5.74) is 3.13. The number of rotatable bonds is 7. The summed E-state index contributed by atoms with van der Waals surface area (Å²) in [5.74, 6) is -0.0678. The molecule has 4 rings (SSSR count). The van der Waals surface area contributed by atoms with Gasteiger partial charge in [-0.15, -0.1) is 0 Å². The lowest BCUT2D eigenvalue weighted by Gasteiger charge is -2.32. The number of nitrogens with one attached hydrogen (secondary N) is 2. The third-order valence-corrected chi connectivity index (χ3v) is 5.93. The first-order valence-corrected chi connectivity index (χ1v) is 11.4. The molecule has 3 aromatic rings. The summed E-state index contributed by atoms with van der Waals surface area (Å²) in [6.07, 6.45) is 3.61. The van der Waals surface area contributed by atoms with Crippen LogP contribution in [-0.2, 0) is 9.59 Å². The predicted molar refractivity (Wildman–Crippen MR) is 138 cm³/mol. The second-order valence-electron chi connectivity index (χ2n) is 8.21. The van der Waals surface area contributed by atoms with Crippen LogP contribution in [0.3, 0.4) is 0 Å². The van der Waals surface area contributed by atoms with Crippen molar-refractivity contribution in [1.29, 1.82) is 0 Å². The normalized spacial score (nSPS) is 14.0. The molecule has 36 heavy (non-hydrogen) atoms. The molecule has 8 nitrogen and oxygen atoms in total. The third kappa shape index (κ3) is 5.22. The zero-order valence-corrected chi connectivity index (χ0v) is 20.3. The van der Waals surface area contributed by atoms with Crippen LogP contribution in [0.2, 0.25) is 0 Å². The molecule has 0 aliphatic carbocycles. The van der Waals surface area contributed by atoms with Crippen molar-refractivity contribution in [3.05, 3.63) is 89.6 Å². The van der Waals surface area contributed by atoms with Crippen molar-refractivity contribution in [2.45, 2.75) is 19.4 Å². The maximum atomic E-state index is 13.1. The van der Waals surface area contributed by atoms with E-state index in [1.807, 2.05) is 36.4 Å². The SMILES string of the molecule is COc1cc(NC(=O)c2ccccc2)c(OC)cc1NC(=O)C[C@H]1c2ccccc2C=CN1C(C)=O. The molecule has 1 heterocycles. The summed E-state index contributed by atoms with van der Waals surface area (Å²) in [6, 6.07) is 19.2. The smallest absolute Gasteiger partial charge is 0.255 e. The Morgan fingerprint density at radius 2 is 1.47 bits per heavy atom. The van der Waals surface area contributed by atoms with Gasteiger partial charge in [0, 0.05) is 30.8 Å². The fraction of sp³-hybridized carbons (Fsp3) is 0.179. The van der Waals surface area contributed by atoms with E-state index in [9.17, 15) is 14.4 Å². The zero-order valence-electron chi connectivity index (χ0n) is 20.3. The number of hydrogen-bond acceptors (Lipinski definition) is 5. The zero-order chi connectivity index (χ0) is 25.7. The first-order valence-electron chi connectivity index (χ1n) is 11.4. The van der Waals surface area contributed by atoms with Gasteiger partial charge in [-0.1, -0.05) is 42.5 Å². The summed E-state index contributed by atoms with van der Waals surface area (Å²) in [6.45, 7) is 1.47. The van der Waals surface area contributed by atoms with Gasteiger partial charge < -0.3 is 25.0 Å². The molecular formula is C28H27N3O5. The molecule has 0 unspecified atom stereocenters. The van der Waals surface area contributed by atoms with Gasteiger partial charge in [-0.25, -0.2) is 0 Å². The van der Waals surface area contributed by atoms with E-state index in [0.717, 1.165) is 11.1 Å². The van der Waals surface area contributed by atoms with Gasteiger partial charge in [-0.2, -0.15) is 0 Å². The van der Waals surface area contributed by atoms with E-state index in [4.69, 9.17) is 9.47 Å². The quantitative estimate of drug-likeness (QED) is 0.498. The molecule has 8 heteroatoms. The van der Waals surface area contributed by atoms with Gasteiger partial charge in [-0.05, 0) is 29.3 Å². The van der Waals surface area contributed by atoms with E-state index in [1.54, 1.807) is 47.5 Å². The first-order chi connectivity index (χ1) is 17.4. The number of carbonyl (C=O) groups excluding carboxylic acids is 3. The summed E-state index contributed by atoms with van der Waals surface area (Å²) in [7, 11) is 2.95. The van der Waals surface area contributed by atoms with Crippen LogP contribution in [0.4, 0.5) is 11.4 Å². The van der Waals surface area contributed by atoms with E-state index in [2.05, 4.69) is 10.6 Å². The number of methoxy groups -OCH3 is 2. The molecule has 0 saturated carbocycles. The Bertz CT molecular complexity index is 1320. The molecular weight excluding hydrogens is 458 g/mol. The molecule has 0 bridgehead atoms. The number of carbonyl (C=O) groups is 3. The Morgan fingerprint density at radius 3 is 2.11 bits per heavy atom. The second kappa shape index (κ2) is 10.8. The Hall–Kier alpha value is -4.59. The average Bonchev–Trinajstić information content (AvgIpc) is 2.89. The van der Waals surface area contributed by atoms with E-state index in [0.29, 0.717) is 28.4 Å². The van der Waals surface area contributed by atoms with Crippen LogP contribution in [0.15, 0.2) is 72.9 Å². The van der Waals surface area contributed by atoms with E-state index >= 15 is 0 Å². The van der Waals surface area contributed by atoms with Crippen LogP contribution in [0.1, 0.15) is 40.9 Å². The highest BCUT2D eigenvalue weighted by atomic mass is 16.5. The molecule has 1 atom stereocenters. The largest absolute Gasteiger partial charge is 0.494 e. The van der Waals surface area contributed by atoms with Gasteiger partial charge in [-0.3, -0.25) is 14.4 Å². The summed E-state index contributed by atoms with van der Waals surface area (Å²) >= 11 is 0. The van der Waals surface area contributed by atoms with Gasteiger partial charge in [0.25, 0.3) is 5.91 Å². The maximum absolute atomic E-state index is 13.1. The standard InChI is InChI=1S/C28H27N3O5/c1-18(32)31-14-13-19-9-7-8-12-21(19)24(31)17-27(33)29-22-15-26(36-3)23(16-25(22)35-2)30-28(34)20-10-5-4-6-11-20/h4-16,24H,17H2,1-3H3,(H,29,33)(H,30,34)/t24-/m0/s1. The lowest BCUT2D eigenvalue weighted by molar-refractivity contribution is -0.129. The molecule has 184 valence electrons. The second-order valence-corrected chi connectivity index (χ2v) is 8.21. The van der Waals surface area contributed by atoms with Crippen molar-refractivity contribution in [2.24, 2.45) is 0 Å². The number of anilines is 2. The van der Waals surface area contributed by atoms with Crippen molar-refractivity contribution < 1.29 is 23.9 Å². The van der Waals surface area contributed by atoms with Crippen molar-refractivity contribution in [3.63, 3.8) is 0 Å². The van der Waals surface area contributed by atoms with E-state index < -0.39 is 6.04 Å². The average molecular weight is 486 g/mol. The highest BCUT2D eigenvalue weighted by molar-refractivity contribution is 6.05. The molecule has 1 aliphatic heterocycles. The van der Waals surface area contributed by atoms with Crippen LogP contribution >= 0.6 is 0 Å². The van der Waals surface area contributed by atoms with Crippen LogP contribution in [0.25, 0.3) is 6.08 Å². The van der Waals surface area contributed by atoms with Gasteiger partial charge in [0.05, 0.1) is 38.1 Å². The molecule has 1 aliphatic rings. The molecule has 2 N–H and O–H groups in total. The van der Waals surface area contributed by atoms with Crippen LogP contribution < -0.4 is 20.1 Å². The number of amides is 3. The van der Waals surface area contributed by atoms with Gasteiger partial charge >= 0.3 is 0 Å². The molecule has 0 saturated heterocycles.